The Kier molecular flexibility index (Phi) is 5.30. The fraction of sp³-hybridized carbons (Fsp3) is 0.625. The van der Waals surface area contributed by atoms with Crippen molar-refractivity contribution in [3.05, 3.63) is 23.3 Å². The third-order valence-corrected chi connectivity index (χ3v) is 4.42. The molecule has 2 heterocycles. The summed E-state index contributed by atoms with van der Waals surface area (Å²) in [4.78, 5) is 34.0. The van der Waals surface area contributed by atoms with E-state index in [1.807, 2.05) is 6.92 Å². The van der Waals surface area contributed by atoms with Crippen molar-refractivity contribution in [3.63, 3.8) is 0 Å². The number of aromatic nitrogens is 2. The van der Waals surface area contributed by atoms with E-state index in [9.17, 15) is 9.59 Å². The molecule has 0 spiro atoms. The second-order valence-electron chi connectivity index (χ2n) is 6.10. The zero-order chi connectivity index (χ0) is 17.0. The zero-order valence-corrected chi connectivity index (χ0v) is 14.0. The third-order valence-electron chi connectivity index (χ3n) is 4.42. The van der Waals surface area contributed by atoms with E-state index in [1.54, 1.807) is 25.1 Å². The number of primary amides is 1. The Labute approximate surface area is 136 Å². The predicted octanol–water partition coefficient (Wildman–Crippen LogP) is 0.980. The van der Waals surface area contributed by atoms with E-state index in [2.05, 4.69) is 9.97 Å². The van der Waals surface area contributed by atoms with Crippen LogP contribution in [0.15, 0.2) is 6.20 Å². The molecule has 2 N–H and O–H groups in total. The number of nitrogens with two attached hydrogens (primary N) is 1. The monoisotopic (exact) mass is 320 g/mol. The van der Waals surface area contributed by atoms with Crippen LogP contribution in [0, 0.1) is 13.8 Å². The van der Waals surface area contributed by atoms with Crippen LogP contribution < -0.4 is 5.73 Å². The van der Waals surface area contributed by atoms with Crippen molar-refractivity contribution >= 4 is 11.8 Å². The largest absolute Gasteiger partial charge is 0.376 e. The summed E-state index contributed by atoms with van der Waals surface area (Å²) in [7, 11) is 1.62. The molecule has 1 aliphatic rings. The number of carbonyl (C=O) groups excluding carboxylic acids is 2. The molecule has 0 bridgehead atoms. The van der Waals surface area contributed by atoms with Crippen LogP contribution in [0.25, 0.3) is 0 Å². The summed E-state index contributed by atoms with van der Waals surface area (Å²) in [6, 6.07) is 0. The molecule has 0 saturated carbocycles. The van der Waals surface area contributed by atoms with Crippen molar-refractivity contribution in [1.82, 2.24) is 14.9 Å². The number of carbonyl (C=O) groups is 2. The summed E-state index contributed by atoms with van der Waals surface area (Å²) in [5.41, 5.74) is 5.93. The molecule has 7 heteroatoms. The number of rotatable bonds is 5. The maximum atomic E-state index is 12.8. The SMILES string of the molecule is CO[C@]1(CCC(N)=O)CCCN(C(=O)c2cnc(C)nc2C)C1. The van der Waals surface area contributed by atoms with Crippen molar-refractivity contribution in [2.45, 2.75) is 45.1 Å². The van der Waals surface area contributed by atoms with E-state index in [0.29, 0.717) is 36.6 Å². The average molecular weight is 320 g/mol. The van der Waals surface area contributed by atoms with Gasteiger partial charge in [0.05, 0.1) is 16.9 Å². The number of hydrogen-bond acceptors (Lipinski definition) is 5. The van der Waals surface area contributed by atoms with Crippen LogP contribution in [0.1, 0.15) is 47.6 Å². The van der Waals surface area contributed by atoms with Gasteiger partial charge in [-0.1, -0.05) is 0 Å². The third kappa shape index (κ3) is 4.04. The van der Waals surface area contributed by atoms with Gasteiger partial charge in [0.2, 0.25) is 5.91 Å². The van der Waals surface area contributed by atoms with Gasteiger partial charge in [0.1, 0.15) is 5.82 Å². The first-order valence-electron chi connectivity index (χ1n) is 7.80. The van der Waals surface area contributed by atoms with Crippen LogP contribution in [-0.2, 0) is 9.53 Å². The Morgan fingerprint density at radius 2 is 2.17 bits per heavy atom. The lowest BCUT2D eigenvalue weighted by Crippen LogP contribution is -2.51. The van der Waals surface area contributed by atoms with Crippen LogP contribution >= 0.6 is 0 Å². The molecule has 1 atom stereocenters. The quantitative estimate of drug-likeness (QED) is 0.872. The summed E-state index contributed by atoms with van der Waals surface area (Å²) < 4.78 is 5.66. The van der Waals surface area contributed by atoms with Gasteiger partial charge in [-0.05, 0) is 33.1 Å². The van der Waals surface area contributed by atoms with Crippen molar-refractivity contribution in [3.8, 4) is 0 Å². The van der Waals surface area contributed by atoms with Crippen LogP contribution in [0.5, 0.6) is 0 Å². The van der Waals surface area contributed by atoms with Gasteiger partial charge in [-0.25, -0.2) is 9.97 Å². The molecular formula is C16H24N4O3. The number of aryl methyl sites for hydroxylation is 2. The van der Waals surface area contributed by atoms with Crippen LogP contribution in [0.4, 0.5) is 0 Å². The lowest BCUT2D eigenvalue weighted by molar-refractivity contribution is -0.120. The summed E-state index contributed by atoms with van der Waals surface area (Å²) >= 11 is 0. The van der Waals surface area contributed by atoms with Gasteiger partial charge in [-0.2, -0.15) is 0 Å². The normalized spacial score (nSPS) is 21.3. The van der Waals surface area contributed by atoms with Gasteiger partial charge < -0.3 is 15.4 Å². The first-order valence-corrected chi connectivity index (χ1v) is 7.80. The molecule has 23 heavy (non-hydrogen) atoms. The lowest BCUT2D eigenvalue weighted by atomic mass is 9.87. The van der Waals surface area contributed by atoms with E-state index in [0.717, 1.165) is 12.8 Å². The van der Waals surface area contributed by atoms with E-state index >= 15 is 0 Å². The number of methoxy groups -OCH3 is 1. The summed E-state index contributed by atoms with van der Waals surface area (Å²) in [5.74, 6) is 0.195. The summed E-state index contributed by atoms with van der Waals surface area (Å²) in [5, 5.41) is 0. The molecule has 1 fully saturated rings. The highest BCUT2D eigenvalue weighted by atomic mass is 16.5. The van der Waals surface area contributed by atoms with Crippen molar-refractivity contribution in [2.75, 3.05) is 20.2 Å². The number of piperidine rings is 1. The van der Waals surface area contributed by atoms with Crippen molar-refractivity contribution in [1.29, 1.82) is 0 Å². The highest BCUT2D eigenvalue weighted by Gasteiger charge is 2.37. The molecule has 1 saturated heterocycles. The van der Waals surface area contributed by atoms with Gasteiger partial charge in [-0.15, -0.1) is 0 Å². The molecule has 2 amide bonds. The number of hydrogen-bond donors (Lipinski definition) is 1. The first kappa shape index (κ1) is 17.3. The molecule has 0 radical (unpaired) electrons. The molecular weight excluding hydrogens is 296 g/mol. The van der Waals surface area contributed by atoms with Gasteiger partial charge in [0, 0.05) is 32.8 Å². The minimum Gasteiger partial charge on any atom is -0.376 e. The highest BCUT2D eigenvalue weighted by molar-refractivity contribution is 5.95. The Balaban J connectivity index is 2.15. The highest BCUT2D eigenvalue weighted by Crippen LogP contribution is 2.30. The Bertz CT molecular complexity index is 605. The molecule has 1 aromatic heterocycles. The number of ether oxygens (including phenoxy) is 1. The summed E-state index contributed by atoms with van der Waals surface area (Å²) in [6.45, 7) is 4.71. The molecule has 1 aliphatic heterocycles. The van der Waals surface area contributed by atoms with Gasteiger partial charge >= 0.3 is 0 Å². The van der Waals surface area contributed by atoms with E-state index in [1.165, 1.54) is 0 Å². The van der Waals surface area contributed by atoms with Gasteiger partial charge in [0.15, 0.2) is 0 Å². The number of likely N-dealkylation sites (tertiary alicyclic amines) is 1. The average Bonchev–Trinajstić information content (AvgIpc) is 2.52. The molecule has 0 aromatic carbocycles. The Morgan fingerprint density at radius 3 is 2.78 bits per heavy atom. The van der Waals surface area contributed by atoms with Crippen LogP contribution in [0.3, 0.4) is 0 Å². The van der Waals surface area contributed by atoms with Crippen LogP contribution in [0.2, 0.25) is 0 Å². The van der Waals surface area contributed by atoms with Gasteiger partial charge in [-0.3, -0.25) is 9.59 Å². The first-order chi connectivity index (χ1) is 10.9. The summed E-state index contributed by atoms with van der Waals surface area (Å²) in [6.07, 6.45) is 3.98. The minimum atomic E-state index is -0.512. The standard InChI is InChI=1S/C16H24N4O3/c1-11-13(9-18-12(2)19-11)15(22)20-8-4-6-16(10-20,23-3)7-5-14(17)21/h9H,4-8,10H2,1-3H3,(H2,17,21)/t16-/m0/s1. The Morgan fingerprint density at radius 1 is 1.43 bits per heavy atom. The predicted molar refractivity (Wildman–Crippen MR) is 84.8 cm³/mol. The number of amides is 2. The molecule has 7 nitrogen and oxygen atoms in total. The minimum absolute atomic E-state index is 0.0947. The van der Waals surface area contributed by atoms with E-state index in [-0.39, 0.29) is 18.2 Å². The molecule has 126 valence electrons. The molecule has 2 rings (SSSR count). The second kappa shape index (κ2) is 7.04. The maximum absolute atomic E-state index is 12.8. The number of nitrogens with zero attached hydrogens (tertiary/aromatic N) is 3. The van der Waals surface area contributed by atoms with Gasteiger partial charge in [0.25, 0.3) is 5.91 Å². The zero-order valence-electron chi connectivity index (χ0n) is 14.0. The lowest BCUT2D eigenvalue weighted by Gasteiger charge is -2.42. The Hall–Kier alpha value is -2.02. The van der Waals surface area contributed by atoms with E-state index in [4.69, 9.17) is 10.5 Å². The molecule has 0 aliphatic carbocycles. The molecule has 0 unspecified atom stereocenters. The smallest absolute Gasteiger partial charge is 0.257 e. The molecule has 1 aromatic rings. The van der Waals surface area contributed by atoms with Crippen molar-refractivity contribution in [2.24, 2.45) is 5.73 Å². The fourth-order valence-corrected chi connectivity index (χ4v) is 3.06. The fourth-order valence-electron chi connectivity index (χ4n) is 3.06. The maximum Gasteiger partial charge on any atom is 0.257 e. The second-order valence-corrected chi connectivity index (χ2v) is 6.10. The van der Waals surface area contributed by atoms with Crippen molar-refractivity contribution < 1.29 is 14.3 Å². The van der Waals surface area contributed by atoms with Crippen LogP contribution in [-0.4, -0.2) is 52.5 Å². The van der Waals surface area contributed by atoms with E-state index < -0.39 is 5.60 Å². The topological polar surface area (TPSA) is 98.4 Å².